The topological polar surface area (TPSA) is 112 Å². The lowest BCUT2D eigenvalue weighted by molar-refractivity contribution is 0.411. The standard InChI is InChI=1S/C20H25N5O3S/c1-13-8-6-9-14(28-5)18(13)25-17(12-16(24-25)20(2,3)4)23-19-15(29(21,26)27)10-7-11-22-19/h6-12H,1-5H3,(H,22,23)(H2,21,26,27). The van der Waals surface area contributed by atoms with Gasteiger partial charge >= 0.3 is 0 Å². The Kier molecular flexibility index (Phi) is 5.38. The smallest absolute Gasteiger partial charge is 0.241 e. The fourth-order valence-electron chi connectivity index (χ4n) is 2.91. The number of pyridine rings is 1. The highest BCUT2D eigenvalue weighted by Crippen LogP contribution is 2.33. The average molecular weight is 416 g/mol. The molecule has 0 bridgehead atoms. The number of benzene rings is 1. The van der Waals surface area contributed by atoms with E-state index in [2.05, 4.69) is 31.1 Å². The third kappa shape index (κ3) is 4.25. The van der Waals surface area contributed by atoms with Crippen LogP contribution in [0.3, 0.4) is 0 Å². The maximum atomic E-state index is 12.0. The van der Waals surface area contributed by atoms with E-state index in [1.54, 1.807) is 11.8 Å². The van der Waals surface area contributed by atoms with Crippen molar-refractivity contribution >= 4 is 21.7 Å². The van der Waals surface area contributed by atoms with Crippen molar-refractivity contribution in [2.24, 2.45) is 5.14 Å². The Morgan fingerprint density at radius 3 is 2.52 bits per heavy atom. The molecule has 0 amide bonds. The number of methoxy groups -OCH3 is 1. The van der Waals surface area contributed by atoms with Gasteiger partial charge in [0.2, 0.25) is 10.0 Å². The number of aromatic nitrogens is 3. The molecule has 8 nitrogen and oxygen atoms in total. The Hall–Kier alpha value is -2.91. The molecule has 0 atom stereocenters. The molecule has 29 heavy (non-hydrogen) atoms. The van der Waals surface area contributed by atoms with Crippen LogP contribution in [0.1, 0.15) is 32.0 Å². The van der Waals surface area contributed by atoms with Crippen LogP contribution in [0.15, 0.2) is 47.5 Å². The van der Waals surface area contributed by atoms with Crippen LogP contribution in [0.25, 0.3) is 5.69 Å². The molecule has 1 aromatic carbocycles. The quantitative estimate of drug-likeness (QED) is 0.661. The first-order chi connectivity index (χ1) is 13.5. The van der Waals surface area contributed by atoms with Gasteiger partial charge in [0.05, 0.1) is 12.8 Å². The Morgan fingerprint density at radius 1 is 1.17 bits per heavy atom. The van der Waals surface area contributed by atoms with Gasteiger partial charge in [-0.2, -0.15) is 5.10 Å². The molecule has 0 aliphatic carbocycles. The molecule has 3 aromatic rings. The highest BCUT2D eigenvalue weighted by atomic mass is 32.2. The normalized spacial score (nSPS) is 12.1. The van der Waals surface area contributed by atoms with E-state index in [4.69, 9.17) is 15.0 Å². The number of nitrogens with two attached hydrogens (primary N) is 1. The van der Waals surface area contributed by atoms with Crippen LogP contribution >= 0.6 is 0 Å². The van der Waals surface area contributed by atoms with E-state index in [1.807, 2.05) is 31.2 Å². The van der Waals surface area contributed by atoms with Crippen LogP contribution in [-0.2, 0) is 15.4 Å². The van der Waals surface area contributed by atoms with Crippen molar-refractivity contribution in [1.82, 2.24) is 14.8 Å². The number of hydrogen-bond donors (Lipinski definition) is 2. The Labute approximate surface area is 170 Å². The highest BCUT2D eigenvalue weighted by molar-refractivity contribution is 7.89. The predicted molar refractivity (Wildman–Crippen MR) is 112 cm³/mol. The van der Waals surface area contributed by atoms with E-state index >= 15 is 0 Å². The van der Waals surface area contributed by atoms with E-state index in [-0.39, 0.29) is 16.1 Å². The Bertz CT molecular complexity index is 1150. The van der Waals surface area contributed by atoms with E-state index in [1.165, 1.54) is 18.3 Å². The van der Waals surface area contributed by atoms with Crippen molar-refractivity contribution in [3.63, 3.8) is 0 Å². The number of sulfonamides is 1. The number of rotatable bonds is 5. The summed E-state index contributed by atoms with van der Waals surface area (Å²) in [5.74, 6) is 1.32. The van der Waals surface area contributed by atoms with Gasteiger partial charge in [0.15, 0.2) is 5.82 Å². The molecule has 0 spiro atoms. The van der Waals surface area contributed by atoms with E-state index in [9.17, 15) is 8.42 Å². The summed E-state index contributed by atoms with van der Waals surface area (Å²) in [7, 11) is -2.36. The lowest BCUT2D eigenvalue weighted by Gasteiger charge is -2.16. The van der Waals surface area contributed by atoms with Gasteiger partial charge in [-0.3, -0.25) is 0 Å². The number of aryl methyl sites for hydroxylation is 1. The molecule has 0 unspecified atom stereocenters. The molecule has 0 fully saturated rings. The van der Waals surface area contributed by atoms with E-state index in [0.717, 1.165) is 16.9 Å². The summed E-state index contributed by atoms with van der Waals surface area (Å²) < 4.78 is 31.2. The second-order valence-corrected chi connectivity index (χ2v) is 9.25. The van der Waals surface area contributed by atoms with Gasteiger partial charge in [0.25, 0.3) is 0 Å². The third-order valence-corrected chi connectivity index (χ3v) is 5.38. The van der Waals surface area contributed by atoms with Crippen LogP contribution in [0, 0.1) is 6.92 Å². The zero-order valence-electron chi connectivity index (χ0n) is 17.1. The predicted octanol–water partition coefficient (Wildman–Crippen LogP) is 3.27. The number of nitrogens with zero attached hydrogens (tertiary/aromatic N) is 3. The van der Waals surface area contributed by atoms with Gasteiger partial charge in [-0.05, 0) is 30.7 Å². The molecule has 154 valence electrons. The second-order valence-electron chi connectivity index (χ2n) is 7.72. The van der Waals surface area contributed by atoms with Gasteiger partial charge in [-0.1, -0.05) is 32.9 Å². The summed E-state index contributed by atoms with van der Waals surface area (Å²) in [6, 6.07) is 10.5. The second kappa shape index (κ2) is 7.49. The monoisotopic (exact) mass is 415 g/mol. The first-order valence-corrected chi connectivity index (χ1v) is 10.6. The zero-order valence-corrected chi connectivity index (χ0v) is 17.9. The lowest BCUT2D eigenvalue weighted by Crippen LogP contribution is -2.15. The molecule has 0 aliphatic rings. The molecule has 2 heterocycles. The van der Waals surface area contributed by atoms with Crippen molar-refractivity contribution in [2.45, 2.75) is 38.0 Å². The minimum absolute atomic E-state index is 0.0955. The summed E-state index contributed by atoms with van der Waals surface area (Å²) in [4.78, 5) is 4.07. The van der Waals surface area contributed by atoms with Crippen molar-refractivity contribution in [1.29, 1.82) is 0 Å². The number of para-hydroxylation sites is 1. The minimum atomic E-state index is -3.95. The van der Waals surface area contributed by atoms with Crippen LogP contribution in [0.2, 0.25) is 0 Å². The van der Waals surface area contributed by atoms with Crippen LogP contribution < -0.4 is 15.2 Å². The SMILES string of the molecule is COc1cccc(C)c1-n1nc(C(C)(C)C)cc1Nc1ncccc1S(N)(=O)=O. The fourth-order valence-corrected chi connectivity index (χ4v) is 3.55. The van der Waals surface area contributed by atoms with Gasteiger partial charge in [0, 0.05) is 17.7 Å². The maximum Gasteiger partial charge on any atom is 0.241 e. The van der Waals surface area contributed by atoms with Crippen molar-refractivity contribution < 1.29 is 13.2 Å². The number of ether oxygens (including phenoxy) is 1. The summed E-state index contributed by atoms with van der Waals surface area (Å²) in [6.07, 6.45) is 1.50. The van der Waals surface area contributed by atoms with Crippen LogP contribution in [0.4, 0.5) is 11.6 Å². The molecule has 0 saturated heterocycles. The largest absolute Gasteiger partial charge is 0.494 e. The van der Waals surface area contributed by atoms with Crippen LogP contribution in [-0.4, -0.2) is 30.3 Å². The molecule has 2 aromatic heterocycles. The molecular weight excluding hydrogens is 390 g/mol. The van der Waals surface area contributed by atoms with Crippen molar-refractivity contribution in [2.75, 3.05) is 12.4 Å². The summed E-state index contributed by atoms with van der Waals surface area (Å²) in [5, 5.41) is 13.2. The number of primary sulfonamides is 1. The molecule has 0 radical (unpaired) electrons. The minimum Gasteiger partial charge on any atom is -0.494 e. The Balaban J connectivity index is 2.23. The number of nitrogens with one attached hydrogen (secondary N) is 1. The van der Waals surface area contributed by atoms with Crippen molar-refractivity contribution in [3.8, 4) is 11.4 Å². The summed E-state index contributed by atoms with van der Waals surface area (Å²) in [5.41, 5.74) is 2.29. The van der Waals surface area contributed by atoms with Crippen LogP contribution in [0.5, 0.6) is 5.75 Å². The van der Waals surface area contributed by atoms with Gasteiger partial charge in [-0.15, -0.1) is 0 Å². The molecule has 0 saturated carbocycles. The first kappa shape index (κ1) is 20.8. The highest BCUT2D eigenvalue weighted by Gasteiger charge is 2.24. The summed E-state index contributed by atoms with van der Waals surface area (Å²) >= 11 is 0. The van der Waals surface area contributed by atoms with E-state index in [0.29, 0.717) is 11.6 Å². The third-order valence-electron chi connectivity index (χ3n) is 4.43. The molecule has 3 N–H and O–H groups in total. The first-order valence-electron chi connectivity index (χ1n) is 9.01. The molecular formula is C20H25N5O3S. The molecule has 3 rings (SSSR count). The molecule has 0 aliphatic heterocycles. The van der Waals surface area contributed by atoms with Gasteiger partial charge < -0.3 is 10.1 Å². The number of anilines is 2. The van der Waals surface area contributed by atoms with Gasteiger partial charge in [0.1, 0.15) is 22.2 Å². The number of hydrogen-bond acceptors (Lipinski definition) is 6. The molecule has 9 heteroatoms. The Morgan fingerprint density at radius 2 is 1.90 bits per heavy atom. The lowest BCUT2D eigenvalue weighted by atomic mass is 9.92. The average Bonchev–Trinajstić information content (AvgIpc) is 3.04. The zero-order chi connectivity index (χ0) is 21.4. The fraction of sp³-hybridized carbons (Fsp3) is 0.300. The van der Waals surface area contributed by atoms with Gasteiger partial charge in [-0.25, -0.2) is 23.2 Å². The summed E-state index contributed by atoms with van der Waals surface area (Å²) in [6.45, 7) is 8.11. The maximum absolute atomic E-state index is 12.0. The van der Waals surface area contributed by atoms with Crippen molar-refractivity contribution in [3.05, 3.63) is 53.9 Å². The van der Waals surface area contributed by atoms with E-state index < -0.39 is 10.0 Å².